The van der Waals surface area contributed by atoms with E-state index >= 15 is 0 Å². The average Bonchev–Trinajstić information content (AvgIpc) is 2.28. The lowest BCUT2D eigenvalue weighted by Crippen LogP contribution is -1.92. The number of benzene rings is 2. The molecule has 2 heteroatoms. The molecule has 2 aromatic carbocycles. The molecule has 0 saturated heterocycles. The van der Waals surface area contributed by atoms with Crippen molar-refractivity contribution in [2.75, 3.05) is 0 Å². The van der Waals surface area contributed by atoms with Gasteiger partial charge in [0.15, 0.2) is 0 Å². The van der Waals surface area contributed by atoms with Gasteiger partial charge in [-0.05, 0) is 68.0 Å². The minimum Gasteiger partial charge on any atom is -0.0620 e. The molecule has 16 heavy (non-hydrogen) atoms. The first-order valence-electron chi connectivity index (χ1n) is 5.16. The number of halogens is 2. The first kappa shape index (κ1) is 11.9. The van der Waals surface area contributed by atoms with Crippen LogP contribution in [0, 0.1) is 6.92 Å². The van der Waals surface area contributed by atoms with Gasteiger partial charge in [-0.25, -0.2) is 0 Å². The fourth-order valence-electron chi connectivity index (χ4n) is 1.70. The summed E-state index contributed by atoms with van der Waals surface area (Å²) in [6.07, 6.45) is 0.965. The molecular formula is C14H12Br2. The first-order chi connectivity index (χ1) is 7.68. The summed E-state index contributed by atoms with van der Waals surface area (Å²) in [6, 6.07) is 14.8. The van der Waals surface area contributed by atoms with Crippen LogP contribution < -0.4 is 0 Å². The van der Waals surface area contributed by atoms with E-state index in [-0.39, 0.29) is 0 Å². The zero-order valence-corrected chi connectivity index (χ0v) is 12.2. The van der Waals surface area contributed by atoms with Crippen molar-refractivity contribution in [3.8, 4) is 0 Å². The second-order valence-corrected chi connectivity index (χ2v) is 5.46. The standard InChI is InChI=1S/C14H12Br2/c1-10-5-2-3-6-11(10)9-12-7-4-8-13(15)14(12)16/h2-8H,9H2,1H3. The minimum atomic E-state index is 0.965. The van der Waals surface area contributed by atoms with Crippen molar-refractivity contribution in [1.29, 1.82) is 0 Å². The molecule has 0 aliphatic rings. The summed E-state index contributed by atoms with van der Waals surface area (Å²) in [5, 5.41) is 0. The molecule has 82 valence electrons. The lowest BCUT2D eigenvalue weighted by molar-refractivity contribution is 1.14. The van der Waals surface area contributed by atoms with Crippen LogP contribution in [0.1, 0.15) is 16.7 Å². The number of hydrogen-bond acceptors (Lipinski definition) is 0. The summed E-state index contributed by atoms with van der Waals surface area (Å²) >= 11 is 7.15. The zero-order valence-electron chi connectivity index (χ0n) is 9.00. The molecule has 0 aliphatic carbocycles. The van der Waals surface area contributed by atoms with Crippen LogP contribution in [0.2, 0.25) is 0 Å². The van der Waals surface area contributed by atoms with Crippen LogP contribution in [0.4, 0.5) is 0 Å². The third-order valence-electron chi connectivity index (χ3n) is 2.67. The normalized spacial score (nSPS) is 10.4. The van der Waals surface area contributed by atoms with Gasteiger partial charge in [0.25, 0.3) is 0 Å². The largest absolute Gasteiger partial charge is 0.0620 e. The van der Waals surface area contributed by atoms with Gasteiger partial charge in [-0.15, -0.1) is 0 Å². The Hall–Kier alpha value is -0.600. The maximum Gasteiger partial charge on any atom is 0.0352 e. The molecule has 0 fully saturated rings. The molecule has 0 unspecified atom stereocenters. The average molecular weight is 340 g/mol. The van der Waals surface area contributed by atoms with Crippen LogP contribution in [0.25, 0.3) is 0 Å². The highest BCUT2D eigenvalue weighted by Crippen LogP contribution is 2.28. The first-order valence-corrected chi connectivity index (χ1v) is 6.74. The summed E-state index contributed by atoms with van der Waals surface area (Å²) in [7, 11) is 0. The van der Waals surface area contributed by atoms with Crippen LogP contribution in [-0.4, -0.2) is 0 Å². The van der Waals surface area contributed by atoms with Crippen molar-refractivity contribution in [3.63, 3.8) is 0 Å². The number of hydrogen-bond donors (Lipinski definition) is 0. The molecule has 0 spiro atoms. The van der Waals surface area contributed by atoms with E-state index in [0.717, 1.165) is 15.4 Å². The Bertz CT molecular complexity index is 504. The van der Waals surface area contributed by atoms with Gasteiger partial charge in [0, 0.05) is 8.95 Å². The molecular weight excluding hydrogens is 328 g/mol. The molecule has 2 aromatic rings. The Balaban J connectivity index is 2.35. The Morgan fingerprint density at radius 3 is 2.31 bits per heavy atom. The van der Waals surface area contributed by atoms with E-state index < -0.39 is 0 Å². The van der Waals surface area contributed by atoms with Crippen LogP contribution in [0.15, 0.2) is 51.4 Å². The molecule has 0 heterocycles. The maximum absolute atomic E-state index is 3.62. The van der Waals surface area contributed by atoms with Crippen LogP contribution in [0.5, 0.6) is 0 Å². The van der Waals surface area contributed by atoms with E-state index in [2.05, 4.69) is 75.2 Å². The van der Waals surface area contributed by atoms with Crippen molar-refractivity contribution in [3.05, 3.63) is 68.1 Å². The third-order valence-corrected chi connectivity index (χ3v) is 4.80. The number of aryl methyl sites for hydroxylation is 1. The smallest absolute Gasteiger partial charge is 0.0352 e. The summed E-state index contributed by atoms with van der Waals surface area (Å²) in [5.41, 5.74) is 4.03. The van der Waals surface area contributed by atoms with Gasteiger partial charge in [-0.1, -0.05) is 36.4 Å². The highest BCUT2D eigenvalue weighted by Gasteiger charge is 2.05. The van der Waals surface area contributed by atoms with E-state index in [1.807, 2.05) is 6.07 Å². The predicted molar refractivity (Wildman–Crippen MR) is 75.8 cm³/mol. The fraction of sp³-hybridized carbons (Fsp3) is 0.143. The summed E-state index contributed by atoms with van der Waals surface area (Å²) in [6.45, 7) is 2.15. The maximum atomic E-state index is 3.62. The molecule has 2 rings (SSSR count). The molecule has 0 aromatic heterocycles. The highest BCUT2D eigenvalue weighted by atomic mass is 79.9. The monoisotopic (exact) mass is 338 g/mol. The molecule has 0 bridgehead atoms. The molecule has 0 radical (unpaired) electrons. The van der Waals surface area contributed by atoms with Crippen molar-refractivity contribution >= 4 is 31.9 Å². The molecule has 0 saturated carbocycles. The SMILES string of the molecule is Cc1ccccc1Cc1cccc(Br)c1Br. The lowest BCUT2D eigenvalue weighted by Gasteiger charge is -2.08. The van der Waals surface area contributed by atoms with Gasteiger partial charge in [-0.2, -0.15) is 0 Å². The van der Waals surface area contributed by atoms with Crippen LogP contribution in [0.3, 0.4) is 0 Å². The highest BCUT2D eigenvalue weighted by molar-refractivity contribution is 9.13. The van der Waals surface area contributed by atoms with Crippen molar-refractivity contribution in [2.24, 2.45) is 0 Å². The molecule has 0 N–H and O–H groups in total. The van der Waals surface area contributed by atoms with E-state index in [1.54, 1.807) is 0 Å². The van der Waals surface area contributed by atoms with Gasteiger partial charge in [0.05, 0.1) is 0 Å². The fourth-order valence-corrected chi connectivity index (χ4v) is 2.51. The van der Waals surface area contributed by atoms with E-state index in [0.29, 0.717) is 0 Å². The molecule has 0 aliphatic heterocycles. The van der Waals surface area contributed by atoms with Gasteiger partial charge in [0.2, 0.25) is 0 Å². The van der Waals surface area contributed by atoms with Crippen LogP contribution in [-0.2, 0) is 6.42 Å². The van der Waals surface area contributed by atoms with Gasteiger partial charge < -0.3 is 0 Å². The van der Waals surface area contributed by atoms with E-state index in [4.69, 9.17) is 0 Å². The Morgan fingerprint density at radius 2 is 1.56 bits per heavy atom. The molecule has 0 atom stereocenters. The Morgan fingerprint density at radius 1 is 0.875 bits per heavy atom. The van der Waals surface area contributed by atoms with Gasteiger partial charge in [0.1, 0.15) is 0 Å². The third kappa shape index (κ3) is 2.55. The topological polar surface area (TPSA) is 0 Å². The summed E-state index contributed by atoms with van der Waals surface area (Å²) in [5.74, 6) is 0. The predicted octanol–water partition coefficient (Wildman–Crippen LogP) is 5.11. The second kappa shape index (κ2) is 5.15. The zero-order chi connectivity index (χ0) is 11.5. The second-order valence-electron chi connectivity index (χ2n) is 3.82. The lowest BCUT2D eigenvalue weighted by atomic mass is 10.0. The quantitative estimate of drug-likeness (QED) is 0.713. The Labute approximate surface area is 113 Å². The van der Waals surface area contributed by atoms with Crippen molar-refractivity contribution < 1.29 is 0 Å². The number of rotatable bonds is 2. The van der Waals surface area contributed by atoms with Crippen molar-refractivity contribution in [2.45, 2.75) is 13.3 Å². The van der Waals surface area contributed by atoms with Crippen LogP contribution >= 0.6 is 31.9 Å². The van der Waals surface area contributed by atoms with E-state index in [1.165, 1.54) is 16.7 Å². The minimum absolute atomic E-state index is 0.965. The molecule has 0 amide bonds. The van der Waals surface area contributed by atoms with E-state index in [9.17, 15) is 0 Å². The summed E-state index contributed by atoms with van der Waals surface area (Å²) in [4.78, 5) is 0. The van der Waals surface area contributed by atoms with Gasteiger partial charge >= 0.3 is 0 Å². The van der Waals surface area contributed by atoms with Gasteiger partial charge in [-0.3, -0.25) is 0 Å². The Kier molecular flexibility index (Phi) is 3.82. The van der Waals surface area contributed by atoms with Crippen molar-refractivity contribution in [1.82, 2.24) is 0 Å². The molecule has 0 nitrogen and oxygen atoms in total. The summed E-state index contributed by atoms with van der Waals surface area (Å²) < 4.78 is 2.26.